The van der Waals surface area contributed by atoms with Gasteiger partial charge in [-0.1, -0.05) is 35.9 Å². The number of hydrogen-bond donors (Lipinski definition) is 0. The van der Waals surface area contributed by atoms with Gasteiger partial charge in [-0.25, -0.2) is 0 Å². The van der Waals surface area contributed by atoms with E-state index in [4.69, 9.17) is 16.0 Å². The van der Waals surface area contributed by atoms with E-state index in [-0.39, 0.29) is 17.1 Å². The number of para-hydroxylation sites is 1. The molecule has 120 valence electrons. The Balaban J connectivity index is 2.05. The van der Waals surface area contributed by atoms with Crippen molar-refractivity contribution in [1.29, 1.82) is 0 Å². The zero-order valence-corrected chi connectivity index (χ0v) is 13.7. The van der Waals surface area contributed by atoms with Crippen molar-refractivity contribution in [1.82, 2.24) is 4.90 Å². The first-order valence-corrected chi connectivity index (χ1v) is 8.11. The van der Waals surface area contributed by atoms with Crippen molar-refractivity contribution >= 4 is 28.5 Å². The lowest BCUT2D eigenvalue weighted by molar-refractivity contribution is 0.0738. The van der Waals surface area contributed by atoms with Crippen molar-refractivity contribution in [3.05, 3.63) is 80.7 Å². The molecule has 0 aliphatic carbocycles. The summed E-state index contributed by atoms with van der Waals surface area (Å²) in [6.07, 6.45) is 0. The summed E-state index contributed by atoms with van der Waals surface area (Å²) in [5.74, 6) is -0.133. The van der Waals surface area contributed by atoms with Crippen LogP contribution < -0.4 is 5.43 Å². The number of nitrogens with zero attached hydrogens (tertiary/aromatic N) is 1. The topological polar surface area (TPSA) is 50.5 Å². The Morgan fingerprint density at radius 3 is 2.67 bits per heavy atom. The molecule has 0 fully saturated rings. The first-order valence-electron chi connectivity index (χ1n) is 7.74. The molecule has 4 nitrogen and oxygen atoms in total. The van der Waals surface area contributed by atoms with Gasteiger partial charge in [0.1, 0.15) is 5.58 Å². The molecule has 0 saturated heterocycles. The largest absolute Gasteiger partial charge is 0.450 e. The lowest BCUT2D eigenvalue weighted by Crippen LogP contribution is -2.29. The van der Waals surface area contributed by atoms with Gasteiger partial charge in [0.05, 0.1) is 17.0 Å². The Morgan fingerprint density at radius 1 is 1.12 bits per heavy atom. The molecule has 0 bridgehead atoms. The zero-order valence-electron chi connectivity index (χ0n) is 13.0. The molecule has 24 heavy (non-hydrogen) atoms. The van der Waals surface area contributed by atoms with E-state index in [0.717, 1.165) is 5.56 Å². The summed E-state index contributed by atoms with van der Waals surface area (Å²) in [4.78, 5) is 27.4. The Labute approximate surface area is 143 Å². The molecule has 5 heteroatoms. The second kappa shape index (κ2) is 5.49. The third-order valence-corrected chi connectivity index (χ3v) is 4.61. The van der Waals surface area contributed by atoms with Crippen LogP contribution in [-0.4, -0.2) is 17.4 Å². The molecule has 1 aromatic heterocycles. The van der Waals surface area contributed by atoms with E-state index < -0.39 is 6.04 Å². The molecule has 1 amide bonds. The van der Waals surface area contributed by atoms with Crippen LogP contribution in [0.25, 0.3) is 11.0 Å². The van der Waals surface area contributed by atoms with Gasteiger partial charge < -0.3 is 9.32 Å². The third-order valence-electron chi connectivity index (χ3n) is 4.38. The Hall–Kier alpha value is -2.59. The fourth-order valence-corrected chi connectivity index (χ4v) is 3.52. The van der Waals surface area contributed by atoms with Gasteiger partial charge in [0, 0.05) is 11.6 Å². The number of halogens is 1. The maximum absolute atomic E-state index is 13.0. The second-order valence-corrected chi connectivity index (χ2v) is 6.16. The standard InChI is InChI=1S/C19H14ClNO3/c1-2-21-16(11-6-5-7-12(20)10-11)15-17(22)13-8-3-4-9-14(13)24-18(15)19(21)23/h3-10,16H,2H2,1H3/t16-/m0/s1. The highest BCUT2D eigenvalue weighted by Gasteiger charge is 2.41. The van der Waals surface area contributed by atoms with Crippen LogP contribution in [0, 0.1) is 0 Å². The molecule has 4 rings (SSSR count). The minimum Gasteiger partial charge on any atom is -0.450 e. The molecule has 1 aliphatic rings. The number of amides is 1. The summed E-state index contributed by atoms with van der Waals surface area (Å²) in [5.41, 5.74) is 1.46. The van der Waals surface area contributed by atoms with Gasteiger partial charge in [0.15, 0.2) is 5.43 Å². The molecule has 0 spiro atoms. The molecule has 3 aromatic rings. The van der Waals surface area contributed by atoms with Crippen LogP contribution >= 0.6 is 11.6 Å². The molecule has 0 N–H and O–H groups in total. The third kappa shape index (κ3) is 2.07. The fraction of sp³-hybridized carbons (Fsp3) is 0.158. The van der Waals surface area contributed by atoms with Crippen LogP contribution in [0.4, 0.5) is 0 Å². The minimum atomic E-state index is -0.475. The van der Waals surface area contributed by atoms with Gasteiger partial charge in [-0.3, -0.25) is 9.59 Å². The normalized spacial score (nSPS) is 16.7. The average molecular weight is 340 g/mol. The van der Waals surface area contributed by atoms with Gasteiger partial charge in [-0.2, -0.15) is 0 Å². The predicted octanol–water partition coefficient (Wildman–Crippen LogP) is 4.01. The van der Waals surface area contributed by atoms with Crippen molar-refractivity contribution in [2.45, 2.75) is 13.0 Å². The van der Waals surface area contributed by atoms with Gasteiger partial charge in [-0.15, -0.1) is 0 Å². The smallest absolute Gasteiger partial charge is 0.290 e. The second-order valence-electron chi connectivity index (χ2n) is 5.72. The highest BCUT2D eigenvalue weighted by atomic mass is 35.5. The maximum atomic E-state index is 13.0. The van der Waals surface area contributed by atoms with Crippen LogP contribution in [-0.2, 0) is 0 Å². The molecule has 1 atom stereocenters. The zero-order chi connectivity index (χ0) is 16.8. The first-order chi connectivity index (χ1) is 11.6. The Kier molecular flexibility index (Phi) is 3.43. The summed E-state index contributed by atoms with van der Waals surface area (Å²) in [5, 5.41) is 1.05. The lowest BCUT2D eigenvalue weighted by atomic mass is 9.98. The quantitative estimate of drug-likeness (QED) is 0.708. The molecule has 2 aromatic carbocycles. The minimum absolute atomic E-state index is 0.130. The van der Waals surface area contributed by atoms with E-state index in [0.29, 0.717) is 28.1 Å². The monoisotopic (exact) mass is 339 g/mol. The van der Waals surface area contributed by atoms with Gasteiger partial charge in [-0.05, 0) is 36.8 Å². The van der Waals surface area contributed by atoms with Crippen LogP contribution in [0.5, 0.6) is 0 Å². The predicted molar refractivity (Wildman–Crippen MR) is 92.5 cm³/mol. The highest BCUT2D eigenvalue weighted by Crippen LogP contribution is 2.38. The molecule has 0 unspecified atom stereocenters. The summed E-state index contributed by atoms with van der Waals surface area (Å²) >= 11 is 6.11. The van der Waals surface area contributed by atoms with E-state index >= 15 is 0 Å². The van der Waals surface area contributed by atoms with Crippen LogP contribution in [0.15, 0.2) is 57.7 Å². The number of hydrogen-bond acceptors (Lipinski definition) is 3. The SMILES string of the molecule is CCN1C(=O)c2oc3ccccc3c(=O)c2[C@@H]1c1cccc(Cl)c1. The first kappa shape index (κ1) is 15.0. The summed E-state index contributed by atoms with van der Waals surface area (Å²) < 4.78 is 5.79. The number of benzene rings is 2. The molecule has 2 heterocycles. The number of fused-ring (bicyclic) bond motifs is 2. The fourth-order valence-electron chi connectivity index (χ4n) is 3.32. The summed E-state index contributed by atoms with van der Waals surface area (Å²) in [7, 11) is 0. The van der Waals surface area contributed by atoms with Crippen molar-refractivity contribution in [2.24, 2.45) is 0 Å². The summed E-state index contributed by atoms with van der Waals surface area (Å²) in [6, 6.07) is 13.7. The molecule has 1 aliphatic heterocycles. The van der Waals surface area contributed by atoms with E-state index in [9.17, 15) is 9.59 Å². The van der Waals surface area contributed by atoms with Crippen molar-refractivity contribution in [3.63, 3.8) is 0 Å². The van der Waals surface area contributed by atoms with Gasteiger partial charge in [0.2, 0.25) is 5.76 Å². The van der Waals surface area contributed by atoms with E-state index in [1.807, 2.05) is 19.1 Å². The van der Waals surface area contributed by atoms with Crippen LogP contribution in [0.2, 0.25) is 5.02 Å². The summed E-state index contributed by atoms with van der Waals surface area (Å²) in [6.45, 7) is 2.35. The lowest BCUT2D eigenvalue weighted by Gasteiger charge is -2.23. The molecular formula is C19H14ClNO3. The molecule has 0 radical (unpaired) electrons. The van der Waals surface area contributed by atoms with Crippen molar-refractivity contribution < 1.29 is 9.21 Å². The van der Waals surface area contributed by atoms with E-state index in [2.05, 4.69) is 0 Å². The Bertz CT molecular complexity index is 1020. The Morgan fingerprint density at radius 2 is 1.92 bits per heavy atom. The number of carbonyl (C=O) groups excluding carboxylic acids is 1. The van der Waals surface area contributed by atoms with Crippen LogP contribution in [0.1, 0.15) is 34.6 Å². The maximum Gasteiger partial charge on any atom is 0.290 e. The van der Waals surface area contributed by atoms with E-state index in [1.165, 1.54) is 0 Å². The average Bonchev–Trinajstić information content (AvgIpc) is 2.88. The molecular weight excluding hydrogens is 326 g/mol. The van der Waals surface area contributed by atoms with Gasteiger partial charge in [0.25, 0.3) is 5.91 Å². The van der Waals surface area contributed by atoms with Crippen molar-refractivity contribution in [2.75, 3.05) is 6.54 Å². The number of carbonyl (C=O) groups is 1. The van der Waals surface area contributed by atoms with Gasteiger partial charge >= 0.3 is 0 Å². The van der Waals surface area contributed by atoms with E-state index in [1.54, 1.807) is 41.3 Å². The number of rotatable bonds is 2. The van der Waals surface area contributed by atoms with Crippen LogP contribution in [0.3, 0.4) is 0 Å². The highest BCUT2D eigenvalue weighted by molar-refractivity contribution is 6.30. The van der Waals surface area contributed by atoms with Crippen molar-refractivity contribution in [3.8, 4) is 0 Å². The molecule has 0 saturated carbocycles.